The molecule has 0 spiro atoms. The molecule has 0 amide bonds. The summed E-state index contributed by atoms with van der Waals surface area (Å²) in [4.78, 5) is 0. The molecule has 0 saturated heterocycles. The summed E-state index contributed by atoms with van der Waals surface area (Å²) in [5, 5.41) is 0.848. The van der Waals surface area contributed by atoms with Crippen molar-refractivity contribution in [2.24, 2.45) is 0 Å². The van der Waals surface area contributed by atoms with Gasteiger partial charge in [-0.15, -0.1) is 0 Å². The Hall–Kier alpha value is -0.790. The summed E-state index contributed by atoms with van der Waals surface area (Å²) in [6, 6.07) is 14.6. The van der Waals surface area contributed by atoms with Gasteiger partial charge in [-0.25, -0.2) is 0 Å². The smallest absolute Gasteiger partial charge is 0.0441 e. The second-order valence-corrected chi connectivity index (χ2v) is 5.72. The number of halogens is 2. The van der Waals surface area contributed by atoms with E-state index in [0.717, 1.165) is 9.50 Å². The van der Waals surface area contributed by atoms with Gasteiger partial charge in [0.2, 0.25) is 0 Å². The van der Waals surface area contributed by atoms with E-state index in [0.29, 0.717) is 5.92 Å². The molecule has 0 N–H and O–H groups in total. The van der Waals surface area contributed by atoms with Crippen LogP contribution in [0.5, 0.6) is 0 Å². The summed E-state index contributed by atoms with van der Waals surface area (Å²) >= 11 is 9.64. The van der Waals surface area contributed by atoms with Crippen molar-refractivity contribution >= 4 is 27.5 Å². The van der Waals surface area contributed by atoms with Crippen molar-refractivity contribution in [2.75, 3.05) is 0 Å². The Bertz CT molecular complexity index is 515. The fraction of sp³-hybridized carbons (Fsp3) is 0.200. The maximum Gasteiger partial charge on any atom is 0.0441 e. The highest BCUT2D eigenvalue weighted by Gasteiger charge is 2.07. The van der Waals surface area contributed by atoms with E-state index >= 15 is 0 Å². The van der Waals surface area contributed by atoms with E-state index in [2.05, 4.69) is 66.2 Å². The highest BCUT2D eigenvalue weighted by Crippen LogP contribution is 2.30. The predicted molar refractivity (Wildman–Crippen MR) is 78.7 cm³/mol. The zero-order valence-electron chi connectivity index (χ0n) is 9.87. The first-order valence-electron chi connectivity index (χ1n) is 5.63. The van der Waals surface area contributed by atoms with E-state index < -0.39 is 0 Å². The SMILES string of the molecule is CC(C)c1cc(-c2ccc(Br)cc2)ccc1Cl. The van der Waals surface area contributed by atoms with Gasteiger partial charge in [0.05, 0.1) is 0 Å². The van der Waals surface area contributed by atoms with Crippen LogP contribution in [0, 0.1) is 0 Å². The number of hydrogen-bond acceptors (Lipinski definition) is 0. The van der Waals surface area contributed by atoms with Gasteiger partial charge >= 0.3 is 0 Å². The molecule has 0 unspecified atom stereocenters. The molecule has 0 atom stereocenters. The molecular weight excluding hydrogens is 296 g/mol. The van der Waals surface area contributed by atoms with Crippen molar-refractivity contribution in [3.8, 4) is 11.1 Å². The minimum Gasteiger partial charge on any atom is -0.0840 e. The predicted octanol–water partition coefficient (Wildman–Crippen LogP) is 5.89. The van der Waals surface area contributed by atoms with Crippen LogP contribution in [0.4, 0.5) is 0 Å². The fourth-order valence-corrected chi connectivity index (χ4v) is 2.41. The van der Waals surface area contributed by atoms with Gasteiger partial charge in [-0.2, -0.15) is 0 Å². The van der Waals surface area contributed by atoms with Gasteiger partial charge in [0.15, 0.2) is 0 Å². The van der Waals surface area contributed by atoms with Gasteiger partial charge in [0.1, 0.15) is 0 Å². The Labute approximate surface area is 116 Å². The maximum absolute atomic E-state index is 6.20. The first kappa shape index (κ1) is 12.7. The Kier molecular flexibility index (Phi) is 3.90. The molecule has 0 aliphatic carbocycles. The minimum absolute atomic E-state index is 0.442. The quantitative estimate of drug-likeness (QED) is 0.648. The molecule has 0 bridgehead atoms. The second-order valence-electron chi connectivity index (χ2n) is 4.40. The number of hydrogen-bond donors (Lipinski definition) is 0. The monoisotopic (exact) mass is 308 g/mol. The third-order valence-corrected chi connectivity index (χ3v) is 3.67. The second kappa shape index (κ2) is 5.24. The molecule has 0 aliphatic rings. The Morgan fingerprint density at radius 3 is 2.12 bits per heavy atom. The summed E-state index contributed by atoms with van der Waals surface area (Å²) in [7, 11) is 0. The average molecular weight is 310 g/mol. The van der Waals surface area contributed by atoms with Crippen LogP contribution in [0.2, 0.25) is 5.02 Å². The van der Waals surface area contributed by atoms with E-state index in [1.807, 2.05) is 6.07 Å². The van der Waals surface area contributed by atoms with E-state index in [9.17, 15) is 0 Å². The molecule has 0 nitrogen and oxygen atoms in total. The standard InChI is InChI=1S/C15H14BrCl/c1-10(2)14-9-12(5-8-15(14)17)11-3-6-13(16)7-4-11/h3-10H,1-2H3. The van der Waals surface area contributed by atoms with Crippen LogP contribution in [0.25, 0.3) is 11.1 Å². The molecule has 2 heteroatoms. The highest BCUT2D eigenvalue weighted by atomic mass is 79.9. The molecule has 17 heavy (non-hydrogen) atoms. The van der Waals surface area contributed by atoms with Gasteiger partial charge in [0.25, 0.3) is 0 Å². The van der Waals surface area contributed by atoms with Crippen LogP contribution < -0.4 is 0 Å². The molecule has 88 valence electrons. The Morgan fingerprint density at radius 2 is 1.53 bits per heavy atom. The largest absolute Gasteiger partial charge is 0.0840 e. The van der Waals surface area contributed by atoms with Gasteiger partial charge in [0, 0.05) is 9.50 Å². The molecule has 2 aromatic carbocycles. The first-order chi connectivity index (χ1) is 8.08. The molecule has 0 radical (unpaired) electrons. The maximum atomic E-state index is 6.20. The summed E-state index contributed by atoms with van der Waals surface area (Å²) in [6.07, 6.45) is 0. The van der Waals surface area contributed by atoms with Crippen LogP contribution >= 0.6 is 27.5 Å². The van der Waals surface area contributed by atoms with Crippen LogP contribution in [-0.2, 0) is 0 Å². The average Bonchev–Trinajstić information content (AvgIpc) is 2.30. The van der Waals surface area contributed by atoms with Crippen molar-refractivity contribution in [3.05, 3.63) is 57.5 Å². The van der Waals surface area contributed by atoms with Crippen LogP contribution in [0.15, 0.2) is 46.9 Å². The lowest BCUT2D eigenvalue weighted by molar-refractivity contribution is 0.867. The molecule has 2 aromatic rings. The van der Waals surface area contributed by atoms with Crippen molar-refractivity contribution < 1.29 is 0 Å². The highest BCUT2D eigenvalue weighted by molar-refractivity contribution is 9.10. The minimum atomic E-state index is 0.442. The van der Waals surface area contributed by atoms with E-state index in [4.69, 9.17) is 11.6 Å². The first-order valence-corrected chi connectivity index (χ1v) is 6.80. The Morgan fingerprint density at radius 1 is 0.941 bits per heavy atom. The lowest BCUT2D eigenvalue weighted by Gasteiger charge is -2.11. The van der Waals surface area contributed by atoms with Crippen LogP contribution in [-0.4, -0.2) is 0 Å². The topological polar surface area (TPSA) is 0 Å². The summed E-state index contributed by atoms with van der Waals surface area (Å²) in [5.41, 5.74) is 3.63. The van der Waals surface area contributed by atoms with Crippen molar-refractivity contribution in [3.63, 3.8) is 0 Å². The van der Waals surface area contributed by atoms with Crippen LogP contribution in [0.1, 0.15) is 25.3 Å². The van der Waals surface area contributed by atoms with Crippen molar-refractivity contribution in [1.29, 1.82) is 0 Å². The lowest BCUT2D eigenvalue weighted by Crippen LogP contribution is -1.90. The van der Waals surface area contributed by atoms with E-state index in [-0.39, 0.29) is 0 Å². The molecule has 0 heterocycles. The van der Waals surface area contributed by atoms with Gasteiger partial charge in [-0.05, 0) is 46.9 Å². The van der Waals surface area contributed by atoms with Crippen molar-refractivity contribution in [2.45, 2.75) is 19.8 Å². The van der Waals surface area contributed by atoms with Gasteiger partial charge in [-0.3, -0.25) is 0 Å². The molecular formula is C15H14BrCl. The summed E-state index contributed by atoms with van der Waals surface area (Å²) in [6.45, 7) is 4.32. The molecule has 0 saturated carbocycles. The van der Waals surface area contributed by atoms with E-state index in [1.54, 1.807) is 0 Å². The van der Waals surface area contributed by atoms with Gasteiger partial charge in [-0.1, -0.05) is 59.6 Å². The zero-order chi connectivity index (χ0) is 12.4. The lowest BCUT2D eigenvalue weighted by atomic mass is 9.97. The van der Waals surface area contributed by atoms with E-state index in [1.165, 1.54) is 16.7 Å². The molecule has 0 aromatic heterocycles. The zero-order valence-corrected chi connectivity index (χ0v) is 12.2. The normalized spacial score (nSPS) is 10.9. The third-order valence-electron chi connectivity index (χ3n) is 2.80. The Balaban J connectivity index is 2.46. The molecule has 0 fully saturated rings. The number of rotatable bonds is 2. The summed E-state index contributed by atoms with van der Waals surface area (Å²) in [5.74, 6) is 0.442. The van der Waals surface area contributed by atoms with Crippen molar-refractivity contribution in [1.82, 2.24) is 0 Å². The van der Waals surface area contributed by atoms with Crippen LogP contribution in [0.3, 0.4) is 0 Å². The molecule has 0 aliphatic heterocycles. The number of benzene rings is 2. The summed E-state index contributed by atoms with van der Waals surface area (Å²) < 4.78 is 1.10. The fourth-order valence-electron chi connectivity index (χ4n) is 1.81. The molecule has 2 rings (SSSR count). The van der Waals surface area contributed by atoms with Gasteiger partial charge < -0.3 is 0 Å². The third kappa shape index (κ3) is 2.91.